The summed E-state index contributed by atoms with van der Waals surface area (Å²) in [5, 5.41) is 3.71. The molecular weight excluding hydrogens is 172 g/mol. The zero-order chi connectivity index (χ0) is 10.3. The normalized spacial score (nSPS) is 37.7. The average molecular weight is 196 g/mol. The van der Waals surface area contributed by atoms with Gasteiger partial charge in [0.15, 0.2) is 0 Å². The van der Waals surface area contributed by atoms with Crippen molar-refractivity contribution in [1.29, 1.82) is 0 Å². The van der Waals surface area contributed by atoms with E-state index < -0.39 is 0 Å². The summed E-state index contributed by atoms with van der Waals surface area (Å²) in [6, 6.07) is 3.06. The fourth-order valence-electron chi connectivity index (χ4n) is 3.25. The van der Waals surface area contributed by atoms with Gasteiger partial charge in [-0.1, -0.05) is 13.8 Å². The first-order valence-electron chi connectivity index (χ1n) is 6.09. The zero-order valence-corrected chi connectivity index (χ0v) is 9.96. The minimum atomic E-state index is 0.645. The van der Waals surface area contributed by atoms with E-state index in [0.717, 1.165) is 24.0 Å². The highest BCUT2D eigenvalue weighted by atomic mass is 15.2. The van der Waals surface area contributed by atoms with Crippen molar-refractivity contribution in [3.8, 4) is 0 Å². The molecule has 82 valence electrons. The Morgan fingerprint density at radius 2 is 1.86 bits per heavy atom. The van der Waals surface area contributed by atoms with Gasteiger partial charge in [0.1, 0.15) is 0 Å². The summed E-state index contributed by atoms with van der Waals surface area (Å²) in [4.78, 5) is 2.68. The van der Waals surface area contributed by atoms with E-state index in [9.17, 15) is 0 Å². The van der Waals surface area contributed by atoms with Crippen molar-refractivity contribution in [2.75, 3.05) is 6.54 Å². The highest BCUT2D eigenvalue weighted by molar-refractivity contribution is 5.01. The van der Waals surface area contributed by atoms with Crippen LogP contribution < -0.4 is 5.32 Å². The summed E-state index contributed by atoms with van der Waals surface area (Å²) in [7, 11) is 0. The standard InChI is InChI=1S/C12H24N2/c1-8(2)13-12-6-11-5-10(12)7-14(11)9(3)4/h8-13H,5-7H2,1-4H3/t10-,11-,12?/m0/s1. The molecule has 2 aliphatic rings. The van der Waals surface area contributed by atoms with Crippen molar-refractivity contribution in [3.63, 3.8) is 0 Å². The predicted octanol–water partition coefficient (Wildman–Crippen LogP) is 1.86. The van der Waals surface area contributed by atoms with Crippen LogP contribution in [0.3, 0.4) is 0 Å². The highest BCUT2D eigenvalue weighted by Crippen LogP contribution is 2.38. The number of likely N-dealkylation sites (tertiary alicyclic amines) is 1. The summed E-state index contributed by atoms with van der Waals surface area (Å²) in [5.74, 6) is 0.921. The second-order valence-electron chi connectivity index (χ2n) is 5.60. The molecule has 2 rings (SSSR count). The Balaban J connectivity index is 1.90. The van der Waals surface area contributed by atoms with Gasteiger partial charge in [0, 0.05) is 30.7 Å². The fraction of sp³-hybridized carbons (Fsp3) is 1.00. The molecule has 2 fully saturated rings. The molecule has 0 aromatic rings. The maximum atomic E-state index is 3.71. The molecule has 1 saturated carbocycles. The summed E-state index contributed by atoms with van der Waals surface area (Å²) in [6.07, 6.45) is 2.81. The van der Waals surface area contributed by atoms with Gasteiger partial charge in [-0.3, -0.25) is 4.90 Å². The van der Waals surface area contributed by atoms with Gasteiger partial charge < -0.3 is 5.32 Å². The Morgan fingerprint density at radius 3 is 2.29 bits per heavy atom. The van der Waals surface area contributed by atoms with Crippen LogP contribution in [0.4, 0.5) is 0 Å². The Bertz CT molecular complexity index is 200. The lowest BCUT2D eigenvalue weighted by molar-refractivity contribution is 0.147. The van der Waals surface area contributed by atoms with Crippen LogP contribution in [-0.2, 0) is 0 Å². The molecule has 0 amide bonds. The molecule has 0 aromatic carbocycles. The van der Waals surface area contributed by atoms with Gasteiger partial charge >= 0.3 is 0 Å². The number of rotatable bonds is 3. The number of piperidine rings is 1. The Kier molecular flexibility index (Phi) is 2.85. The first kappa shape index (κ1) is 10.4. The molecule has 2 heteroatoms. The van der Waals surface area contributed by atoms with Crippen LogP contribution >= 0.6 is 0 Å². The molecule has 0 aromatic heterocycles. The van der Waals surface area contributed by atoms with Crippen LogP contribution in [0.25, 0.3) is 0 Å². The SMILES string of the molecule is CC(C)NC1C[C@@H]2C[C@H]1CN2C(C)C. The Labute approximate surface area is 88.1 Å². The van der Waals surface area contributed by atoms with E-state index >= 15 is 0 Å². The fourth-order valence-corrected chi connectivity index (χ4v) is 3.25. The lowest BCUT2D eigenvalue weighted by Crippen LogP contribution is -2.47. The Hall–Kier alpha value is -0.0800. The summed E-state index contributed by atoms with van der Waals surface area (Å²) in [6.45, 7) is 10.5. The van der Waals surface area contributed by atoms with Crippen LogP contribution in [0.2, 0.25) is 0 Å². The van der Waals surface area contributed by atoms with Crippen LogP contribution in [0.1, 0.15) is 40.5 Å². The number of fused-ring (bicyclic) bond motifs is 2. The highest BCUT2D eigenvalue weighted by Gasteiger charge is 2.44. The van der Waals surface area contributed by atoms with Crippen LogP contribution in [-0.4, -0.2) is 35.6 Å². The van der Waals surface area contributed by atoms with Gasteiger partial charge in [-0.15, -0.1) is 0 Å². The van der Waals surface area contributed by atoms with Gasteiger partial charge in [-0.25, -0.2) is 0 Å². The monoisotopic (exact) mass is 196 g/mol. The van der Waals surface area contributed by atoms with Crippen molar-refractivity contribution in [2.24, 2.45) is 5.92 Å². The molecule has 1 heterocycles. The third-order valence-electron chi connectivity index (χ3n) is 3.79. The van der Waals surface area contributed by atoms with Crippen molar-refractivity contribution >= 4 is 0 Å². The van der Waals surface area contributed by atoms with Crippen molar-refractivity contribution in [2.45, 2.75) is 64.7 Å². The molecule has 2 bridgehead atoms. The summed E-state index contributed by atoms with van der Waals surface area (Å²) in [5.41, 5.74) is 0. The van der Waals surface area contributed by atoms with E-state index in [1.54, 1.807) is 0 Å². The topological polar surface area (TPSA) is 15.3 Å². The molecule has 1 N–H and O–H groups in total. The largest absolute Gasteiger partial charge is 0.311 e. The first-order valence-corrected chi connectivity index (χ1v) is 6.09. The Morgan fingerprint density at radius 1 is 1.14 bits per heavy atom. The van der Waals surface area contributed by atoms with E-state index in [1.165, 1.54) is 19.4 Å². The molecule has 1 aliphatic heterocycles. The van der Waals surface area contributed by atoms with Gasteiger partial charge in [0.2, 0.25) is 0 Å². The van der Waals surface area contributed by atoms with Crippen molar-refractivity contribution in [1.82, 2.24) is 10.2 Å². The number of nitrogens with zero attached hydrogens (tertiary/aromatic N) is 1. The average Bonchev–Trinajstić information content (AvgIpc) is 2.60. The van der Waals surface area contributed by atoms with Gasteiger partial charge in [0.25, 0.3) is 0 Å². The molecule has 1 unspecified atom stereocenters. The number of hydrogen-bond donors (Lipinski definition) is 1. The smallest absolute Gasteiger partial charge is 0.0125 e. The predicted molar refractivity (Wildman–Crippen MR) is 60.4 cm³/mol. The molecule has 14 heavy (non-hydrogen) atoms. The summed E-state index contributed by atoms with van der Waals surface area (Å²) < 4.78 is 0. The number of hydrogen-bond acceptors (Lipinski definition) is 2. The van der Waals surface area contributed by atoms with Crippen molar-refractivity contribution in [3.05, 3.63) is 0 Å². The third-order valence-corrected chi connectivity index (χ3v) is 3.79. The molecular formula is C12H24N2. The number of nitrogens with one attached hydrogen (secondary N) is 1. The molecule has 2 nitrogen and oxygen atoms in total. The summed E-state index contributed by atoms with van der Waals surface area (Å²) >= 11 is 0. The first-order chi connectivity index (χ1) is 6.58. The lowest BCUT2D eigenvalue weighted by atomic mass is 10.0. The molecule has 0 radical (unpaired) electrons. The van der Waals surface area contributed by atoms with E-state index in [2.05, 4.69) is 37.9 Å². The molecule has 0 spiro atoms. The molecule has 1 aliphatic carbocycles. The molecule has 1 saturated heterocycles. The minimum Gasteiger partial charge on any atom is -0.311 e. The van der Waals surface area contributed by atoms with Crippen molar-refractivity contribution < 1.29 is 0 Å². The lowest BCUT2D eigenvalue weighted by Gasteiger charge is -2.35. The van der Waals surface area contributed by atoms with E-state index in [4.69, 9.17) is 0 Å². The third kappa shape index (κ3) is 1.82. The van der Waals surface area contributed by atoms with Gasteiger partial charge in [-0.2, -0.15) is 0 Å². The van der Waals surface area contributed by atoms with Crippen LogP contribution in [0.5, 0.6) is 0 Å². The second kappa shape index (κ2) is 3.82. The second-order valence-corrected chi connectivity index (χ2v) is 5.60. The van der Waals surface area contributed by atoms with Gasteiger partial charge in [-0.05, 0) is 32.6 Å². The molecule has 3 atom stereocenters. The van der Waals surface area contributed by atoms with Gasteiger partial charge in [0.05, 0.1) is 0 Å². The minimum absolute atomic E-state index is 0.645. The van der Waals surface area contributed by atoms with E-state index in [0.29, 0.717) is 6.04 Å². The van der Waals surface area contributed by atoms with Crippen LogP contribution in [0.15, 0.2) is 0 Å². The van der Waals surface area contributed by atoms with E-state index in [-0.39, 0.29) is 0 Å². The van der Waals surface area contributed by atoms with E-state index in [1.807, 2.05) is 0 Å². The van der Waals surface area contributed by atoms with Crippen LogP contribution in [0, 0.1) is 5.92 Å². The zero-order valence-electron chi connectivity index (χ0n) is 9.96. The maximum absolute atomic E-state index is 3.71. The maximum Gasteiger partial charge on any atom is 0.0125 e. The quantitative estimate of drug-likeness (QED) is 0.741.